The Balaban J connectivity index is 1.92. The summed E-state index contributed by atoms with van der Waals surface area (Å²) in [5.41, 5.74) is 1.16. The topological polar surface area (TPSA) is 39.7 Å². The van der Waals surface area contributed by atoms with E-state index in [0.29, 0.717) is 12.8 Å². The lowest BCUT2D eigenvalue weighted by molar-refractivity contribution is 0.127. The summed E-state index contributed by atoms with van der Waals surface area (Å²) in [6.45, 7) is 6.66. The molecule has 0 bridgehead atoms. The molecule has 5 heteroatoms. The van der Waals surface area contributed by atoms with Crippen LogP contribution in [0.3, 0.4) is 0 Å². The first-order valence-corrected chi connectivity index (χ1v) is 6.89. The number of rotatable bonds is 6. The number of nitrogens with one attached hydrogen (secondary N) is 1. The van der Waals surface area contributed by atoms with Crippen molar-refractivity contribution in [2.45, 2.75) is 26.4 Å². The second kappa shape index (κ2) is 6.41. The molecule has 0 saturated heterocycles. The molecule has 0 aromatic heterocycles. The van der Waals surface area contributed by atoms with Crippen molar-refractivity contribution in [2.75, 3.05) is 20.0 Å². The molecule has 2 rings (SSSR count). The van der Waals surface area contributed by atoms with E-state index in [9.17, 15) is 0 Å². The van der Waals surface area contributed by atoms with Gasteiger partial charge in [-0.25, -0.2) is 0 Å². The lowest BCUT2D eigenvalue weighted by Gasteiger charge is -2.14. The number of hydrogen-bond acceptors (Lipinski definition) is 4. The number of fused-ring (bicyclic) bond motifs is 1. The van der Waals surface area contributed by atoms with Gasteiger partial charge in [-0.1, -0.05) is 0 Å². The molecular formula is C13H18BrNO3. The minimum Gasteiger partial charge on any atom is -0.454 e. The summed E-state index contributed by atoms with van der Waals surface area (Å²) < 4.78 is 17.0. The molecular weight excluding hydrogens is 298 g/mol. The standard InChI is InChI=1S/C13H18BrNO3/c1-3-16-7-9(2)15-6-10-4-11(14)13-12(5-10)17-8-18-13/h4-5,9,15H,3,6-8H2,1-2H3. The summed E-state index contributed by atoms with van der Waals surface area (Å²) >= 11 is 3.49. The minimum atomic E-state index is 0.297. The first-order chi connectivity index (χ1) is 8.70. The molecule has 0 fully saturated rings. The molecule has 0 amide bonds. The van der Waals surface area contributed by atoms with Crippen LogP contribution in [0.2, 0.25) is 0 Å². The van der Waals surface area contributed by atoms with Crippen LogP contribution in [0, 0.1) is 0 Å². The van der Waals surface area contributed by atoms with Gasteiger partial charge in [0.05, 0.1) is 11.1 Å². The van der Waals surface area contributed by atoms with Crippen LogP contribution in [0.4, 0.5) is 0 Å². The smallest absolute Gasteiger partial charge is 0.231 e. The molecule has 0 radical (unpaired) electrons. The lowest BCUT2D eigenvalue weighted by atomic mass is 10.2. The number of benzene rings is 1. The van der Waals surface area contributed by atoms with Crippen LogP contribution in [-0.4, -0.2) is 26.0 Å². The van der Waals surface area contributed by atoms with Crippen LogP contribution in [-0.2, 0) is 11.3 Å². The maximum atomic E-state index is 5.39. The lowest BCUT2D eigenvalue weighted by Crippen LogP contribution is -2.30. The minimum absolute atomic E-state index is 0.297. The molecule has 4 nitrogen and oxygen atoms in total. The number of halogens is 1. The van der Waals surface area contributed by atoms with Crippen molar-refractivity contribution in [3.8, 4) is 11.5 Å². The molecule has 1 heterocycles. The number of ether oxygens (including phenoxy) is 3. The third-order valence-corrected chi connectivity index (χ3v) is 3.30. The SMILES string of the molecule is CCOCC(C)NCc1cc(Br)c2c(c1)OCO2. The fourth-order valence-electron chi connectivity index (χ4n) is 1.77. The molecule has 1 aliphatic heterocycles. The summed E-state index contributed by atoms with van der Waals surface area (Å²) in [6.07, 6.45) is 0. The normalized spacial score (nSPS) is 14.8. The Kier molecular flexibility index (Phi) is 4.86. The Bertz CT molecular complexity index is 411. The number of hydrogen-bond donors (Lipinski definition) is 1. The van der Waals surface area contributed by atoms with Crippen LogP contribution < -0.4 is 14.8 Å². The van der Waals surface area contributed by atoms with Crippen molar-refractivity contribution in [2.24, 2.45) is 0 Å². The molecule has 1 atom stereocenters. The highest BCUT2D eigenvalue weighted by atomic mass is 79.9. The second-order valence-corrected chi connectivity index (χ2v) is 5.11. The van der Waals surface area contributed by atoms with Gasteiger partial charge in [-0.05, 0) is 47.5 Å². The van der Waals surface area contributed by atoms with Crippen LogP contribution >= 0.6 is 15.9 Å². The van der Waals surface area contributed by atoms with Gasteiger partial charge in [-0.3, -0.25) is 0 Å². The molecule has 1 unspecified atom stereocenters. The van der Waals surface area contributed by atoms with Crippen molar-refractivity contribution in [1.82, 2.24) is 5.32 Å². The summed E-state index contributed by atoms with van der Waals surface area (Å²) in [5, 5.41) is 3.41. The maximum Gasteiger partial charge on any atom is 0.231 e. The fourth-order valence-corrected chi connectivity index (χ4v) is 2.37. The third kappa shape index (κ3) is 3.37. The van der Waals surface area contributed by atoms with Crippen molar-refractivity contribution < 1.29 is 14.2 Å². The summed E-state index contributed by atoms with van der Waals surface area (Å²) in [4.78, 5) is 0. The molecule has 100 valence electrons. The van der Waals surface area contributed by atoms with Gasteiger partial charge in [-0.2, -0.15) is 0 Å². The van der Waals surface area contributed by atoms with Crippen molar-refractivity contribution in [1.29, 1.82) is 0 Å². The Labute approximate surface area is 116 Å². The van der Waals surface area contributed by atoms with Gasteiger partial charge in [0.25, 0.3) is 0 Å². The highest BCUT2D eigenvalue weighted by Crippen LogP contribution is 2.39. The maximum absolute atomic E-state index is 5.39. The van der Waals surface area contributed by atoms with Crippen molar-refractivity contribution in [3.05, 3.63) is 22.2 Å². The van der Waals surface area contributed by atoms with Crippen LogP contribution in [0.15, 0.2) is 16.6 Å². The monoisotopic (exact) mass is 315 g/mol. The average Bonchev–Trinajstić information content (AvgIpc) is 2.82. The third-order valence-electron chi connectivity index (χ3n) is 2.71. The van der Waals surface area contributed by atoms with Gasteiger partial charge < -0.3 is 19.5 Å². The Morgan fingerprint density at radius 2 is 2.28 bits per heavy atom. The highest BCUT2D eigenvalue weighted by Gasteiger charge is 2.17. The van der Waals surface area contributed by atoms with Gasteiger partial charge in [0.15, 0.2) is 11.5 Å². The fraction of sp³-hybridized carbons (Fsp3) is 0.538. The zero-order valence-corrected chi connectivity index (χ0v) is 12.2. The summed E-state index contributed by atoms with van der Waals surface area (Å²) in [5.74, 6) is 1.60. The first kappa shape index (κ1) is 13.6. The Hall–Kier alpha value is -0.780. The highest BCUT2D eigenvalue weighted by molar-refractivity contribution is 9.10. The molecule has 1 aliphatic rings. The van der Waals surface area contributed by atoms with E-state index in [2.05, 4.69) is 28.2 Å². The van der Waals surface area contributed by atoms with Crippen LogP contribution in [0.1, 0.15) is 19.4 Å². The zero-order chi connectivity index (χ0) is 13.0. The first-order valence-electron chi connectivity index (χ1n) is 6.10. The summed E-state index contributed by atoms with van der Waals surface area (Å²) in [7, 11) is 0. The Morgan fingerprint density at radius 3 is 3.06 bits per heavy atom. The molecule has 1 N–H and O–H groups in total. The van der Waals surface area contributed by atoms with E-state index in [1.54, 1.807) is 0 Å². The van der Waals surface area contributed by atoms with E-state index < -0.39 is 0 Å². The average molecular weight is 316 g/mol. The molecule has 0 aliphatic carbocycles. The molecule has 1 aromatic rings. The second-order valence-electron chi connectivity index (χ2n) is 4.25. The van der Waals surface area contributed by atoms with Gasteiger partial charge in [0.2, 0.25) is 6.79 Å². The molecule has 0 spiro atoms. The molecule has 18 heavy (non-hydrogen) atoms. The molecule has 0 saturated carbocycles. The quantitative estimate of drug-likeness (QED) is 0.876. The van der Waals surface area contributed by atoms with Gasteiger partial charge in [0, 0.05) is 19.2 Å². The largest absolute Gasteiger partial charge is 0.454 e. The van der Waals surface area contributed by atoms with E-state index in [1.165, 1.54) is 0 Å². The van der Waals surface area contributed by atoms with E-state index in [1.807, 2.05) is 19.1 Å². The van der Waals surface area contributed by atoms with Gasteiger partial charge in [-0.15, -0.1) is 0 Å². The van der Waals surface area contributed by atoms with E-state index >= 15 is 0 Å². The summed E-state index contributed by atoms with van der Waals surface area (Å²) in [6, 6.07) is 4.38. The van der Waals surface area contributed by atoms with Gasteiger partial charge >= 0.3 is 0 Å². The predicted molar refractivity (Wildman–Crippen MR) is 73.1 cm³/mol. The van der Waals surface area contributed by atoms with E-state index in [0.717, 1.165) is 41.3 Å². The van der Waals surface area contributed by atoms with Gasteiger partial charge in [0.1, 0.15) is 0 Å². The zero-order valence-electron chi connectivity index (χ0n) is 10.7. The van der Waals surface area contributed by atoms with E-state index in [4.69, 9.17) is 14.2 Å². The Morgan fingerprint density at radius 1 is 1.44 bits per heavy atom. The molecule has 1 aromatic carbocycles. The van der Waals surface area contributed by atoms with Crippen molar-refractivity contribution >= 4 is 15.9 Å². The van der Waals surface area contributed by atoms with Crippen molar-refractivity contribution in [3.63, 3.8) is 0 Å². The predicted octanol–water partition coefficient (Wildman–Crippen LogP) is 2.69. The van der Waals surface area contributed by atoms with Crippen LogP contribution in [0.25, 0.3) is 0 Å². The van der Waals surface area contributed by atoms with E-state index in [-0.39, 0.29) is 0 Å². The van der Waals surface area contributed by atoms with Crippen LogP contribution in [0.5, 0.6) is 11.5 Å².